The highest BCUT2D eigenvalue weighted by Crippen LogP contribution is 2.55. The third-order valence-corrected chi connectivity index (χ3v) is 9.13. The molecule has 0 saturated carbocycles. The van der Waals surface area contributed by atoms with Crippen LogP contribution in [0.3, 0.4) is 0 Å². The second kappa shape index (κ2) is 9.39. The Kier molecular flexibility index (Phi) is 7.49. The number of halogens is 1. The number of hydrogen-bond acceptors (Lipinski definition) is 0. The van der Waals surface area contributed by atoms with Gasteiger partial charge in [-0.25, -0.2) is 0 Å². The standard InChI is InChI=1S/C24H31ClSi/c1-6-18-10-14-20(15-11-18)22(8-3)24(5,26-25)23(9-4)21-16-12-19(7-2)13-17-21/h6-7,10-17,22-23H,1-2,8-9,26H2,3-5H3. The van der Waals surface area contributed by atoms with Crippen LogP contribution in [0, 0.1) is 0 Å². The molecule has 2 heteroatoms. The number of hydrogen-bond donors (Lipinski definition) is 0. The van der Waals surface area contributed by atoms with E-state index in [9.17, 15) is 0 Å². The first-order chi connectivity index (χ1) is 12.5. The van der Waals surface area contributed by atoms with Gasteiger partial charge in [-0.3, -0.25) is 0 Å². The van der Waals surface area contributed by atoms with E-state index in [0.29, 0.717) is 11.8 Å². The van der Waals surface area contributed by atoms with Gasteiger partial charge in [0, 0.05) is 0 Å². The van der Waals surface area contributed by atoms with Crippen molar-refractivity contribution in [2.75, 3.05) is 0 Å². The smallest absolute Gasteiger partial charge is 0.132 e. The molecule has 138 valence electrons. The zero-order valence-corrected chi connectivity index (χ0v) is 18.5. The highest BCUT2D eigenvalue weighted by atomic mass is 35.6. The predicted octanol–water partition coefficient (Wildman–Crippen LogP) is 7.16. The van der Waals surface area contributed by atoms with Gasteiger partial charge in [-0.05, 0) is 52.0 Å². The summed E-state index contributed by atoms with van der Waals surface area (Å²) in [7, 11) is -0.771. The Bertz CT molecular complexity index is 655. The lowest BCUT2D eigenvalue weighted by Gasteiger charge is -2.43. The summed E-state index contributed by atoms with van der Waals surface area (Å²) < 4.78 is 0. The van der Waals surface area contributed by atoms with Gasteiger partial charge in [-0.2, -0.15) is 11.1 Å². The molecule has 0 spiro atoms. The third kappa shape index (κ3) is 4.21. The van der Waals surface area contributed by atoms with Crippen LogP contribution >= 0.6 is 11.1 Å². The second-order valence-corrected chi connectivity index (χ2v) is 9.90. The molecule has 0 heterocycles. The van der Waals surface area contributed by atoms with Crippen LogP contribution in [-0.4, -0.2) is 8.83 Å². The van der Waals surface area contributed by atoms with E-state index in [1.54, 1.807) is 0 Å². The molecule has 2 atom stereocenters. The zero-order chi connectivity index (χ0) is 19.2. The topological polar surface area (TPSA) is 0 Å². The van der Waals surface area contributed by atoms with Gasteiger partial charge < -0.3 is 0 Å². The molecule has 0 bridgehead atoms. The fourth-order valence-corrected chi connectivity index (χ4v) is 6.86. The van der Waals surface area contributed by atoms with Crippen molar-refractivity contribution in [3.8, 4) is 0 Å². The van der Waals surface area contributed by atoms with Crippen LogP contribution in [0.1, 0.15) is 67.7 Å². The van der Waals surface area contributed by atoms with Gasteiger partial charge in [0.1, 0.15) is 8.83 Å². The molecule has 0 aliphatic heterocycles. The highest BCUT2D eigenvalue weighted by molar-refractivity contribution is 6.95. The van der Waals surface area contributed by atoms with E-state index in [2.05, 4.69) is 82.5 Å². The zero-order valence-electron chi connectivity index (χ0n) is 16.3. The average Bonchev–Trinajstić information content (AvgIpc) is 2.70. The van der Waals surface area contributed by atoms with Crippen LogP contribution in [0.15, 0.2) is 61.7 Å². The molecule has 0 amide bonds. The van der Waals surface area contributed by atoms with Crippen molar-refractivity contribution in [2.24, 2.45) is 0 Å². The van der Waals surface area contributed by atoms with Crippen molar-refractivity contribution >= 4 is 32.1 Å². The van der Waals surface area contributed by atoms with E-state index < -0.39 is 8.83 Å². The van der Waals surface area contributed by atoms with Gasteiger partial charge in [-0.1, -0.05) is 94.6 Å². The summed E-state index contributed by atoms with van der Waals surface area (Å²) in [5.41, 5.74) is 5.13. The van der Waals surface area contributed by atoms with Crippen molar-refractivity contribution in [1.29, 1.82) is 0 Å². The molecule has 0 aliphatic carbocycles. The summed E-state index contributed by atoms with van der Waals surface area (Å²) in [4.78, 5) is 0. The van der Waals surface area contributed by atoms with Crippen LogP contribution in [0.25, 0.3) is 12.2 Å². The van der Waals surface area contributed by atoms with E-state index in [0.717, 1.165) is 12.8 Å². The van der Waals surface area contributed by atoms with Crippen molar-refractivity contribution < 1.29 is 0 Å². The Labute approximate surface area is 166 Å². The molecule has 0 aromatic heterocycles. The van der Waals surface area contributed by atoms with Crippen LogP contribution < -0.4 is 0 Å². The maximum atomic E-state index is 6.78. The van der Waals surface area contributed by atoms with Crippen molar-refractivity contribution in [3.63, 3.8) is 0 Å². The minimum absolute atomic E-state index is 0.121. The molecule has 0 aliphatic rings. The summed E-state index contributed by atoms with van der Waals surface area (Å²) in [6.45, 7) is 14.7. The van der Waals surface area contributed by atoms with Gasteiger partial charge in [0.25, 0.3) is 0 Å². The maximum Gasteiger partial charge on any atom is 0.132 e. The quantitative estimate of drug-likeness (QED) is 0.318. The van der Waals surface area contributed by atoms with E-state index in [-0.39, 0.29) is 5.04 Å². The molecule has 26 heavy (non-hydrogen) atoms. The SMILES string of the molecule is C=Cc1ccc(C(CC)C(C)([SiH2]Cl)C(CC)c2ccc(C=C)cc2)cc1. The molecular formula is C24H31ClSi. The molecule has 0 nitrogen and oxygen atoms in total. The predicted molar refractivity (Wildman–Crippen MR) is 122 cm³/mol. The molecule has 0 saturated heterocycles. The third-order valence-electron chi connectivity index (χ3n) is 5.85. The molecule has 0 radical (unpaired) electrons. The Morgan fingerprint density at radius 1 is 0.846 bits per heavy atom. The van der Waals surface area contributed by atoms with E-state index in [1.807, 2.05) is 12.2 Å². The van der Waals surface area contributed by atoms with Crippen LogP contribution in [-0.2, 0) is 0 Å². The molecule has 2 rings (SSSR count). The van der Waals surface area contributed by atoms with Crippen LogP contribution in [0.5, 0.6) is 0 Å². The molecule has 2 aromatic rings. The second-order valence-electron chi connectivity index (χ2n) is 7.30. The van der Waals surface area contributed by atoms with E-state index >= 15 is 0 Å². The Hall–Kier alpha value is -1.57. The molecule has 0 N–H and O–H groups in total. The van der Waals surface area contributed by atoms with Gasteiger partial charge in [0.2, 0.25) is 0 Å². The molecule has 0 fully saturated rings. The van der Waals surface area contributed by atoms with Gasteiger partial charge in [0.15, 0.2) is 0 Å². The summed E-state index contributed by atoms with van der Waals surface area (Å²) >= 11 is 6.78. The van der Waals surface area contributed by atoms with Crippen molar-refractivity contribution in [1.82, 2.24) is 0 Å². The Balaban J connectivity index is 2.45. The number of benzene rings is 2. The van der Waals surface area contributed by atoms with Crippen LogP contribution in [0.2, 0.25) is 5.04 Å². The lowest BCUT2D eigenvalue weighted by Crippen LogP contribution is -2.29. The normalized spacial score (nSPS) is 16.2. The van der Waals surface area contributed by atoms with Gasteiger partial charge in [-0.15, -0.1) is 0 Å². The first-order valence-corrected chi connectivity index (χ1v) is 12.4. The highest BCUT2D eigenvalue weighted by Gasteiger charge is 2.41. The lowest BCUT2D eigenvalue weighted by molar-refractivity contribution is 0.383. The minimum Gasteiger partial charge on any atom is -0.176 e. The summed E-state index contributed by atoms with van der Waals surface area (Å²) in [6, 6.07) is 17.7. The Morgan fingerprint density at radius 3 is 1.42 bits per heavy atom. The van der Waals surface area contributed by atoms with E-state index in [4.69, 9.17) is 11.1 Å². The van der Waals surface area contributed by atoms with Gasteiger partial charge >= 0.3 is 0 Å². The fraction of sp³-hybridized carbons (Fsp3) is 0.333. The first kappa shape index (κ1) is 20.7. The van der Waals surface area contributed by atoms with Crippen LogP contribution in [0.4, 0.5) is 0 Å². The van der Waals surface area contributed by atoms with Gasteiger partial charge in [0.05, 0.1) is 0 Å². The minimum atomic E-state index is -0.771. The van der Waals surface area contributed by atoms with Crippen molar-refractivity contribution in [3.05, 3.63) is 83.9 Å². The molecule has 2 unspecified atom stereocenters. The first-order valence-electron chi connectivity index (χ1n) is 9.54. The molecule has 2 aromatic carbocycles. The summed E-state index contributed by atoms with van der Waals surface area (Å²) in [5.74, 6) is 0.934. The average molecular weight is 383 g/mol. The molecular weight excluding hydrogens is 352 g/mol. The monoisotopic (exact) mass is 382 g/mol. The summed E-state index contributed by atoms with van der Waals surface area (Å²) in [6.07, 6.45) is 6.00. The fourth-order valence-electron chi connectivity index (χ4n) is 4.32. The number of rotatable bonds is 9. The summed E-state index contributed by atoms with van der Waals surface area (Å²) in [5, 5.41) is 0.121. The van der Waals surface area contributed by atoms with Crippen molar-refractivity contribution in [2.45, 2.75) is 50.5 Å². The van der Waals surface area contributed by atoms with E-state index in [1.165, 1.54) is 22.3 Å². The Morgan fingerprint density at radius 2 is 1.19 bits per heavy atom. The maximum absolute atomic E-state index is 6.78. The lowest BCUT2D eigenvalue weighted by atomic mass is 9.72. The largest absolute Gasteiger partial charge is 0.176 e.